The Morgan fingerprint density at radius 2 is 2.14 bits per heavy atom. The van der Waals surface area contributed by atoms with Crippen LogP contribution in [0.25, 0.3) is 0 Å². The molecule has 1 N–H and O–H groups in total. The molecule has 4 amide bonds. The number of carbonyl (C=O) groups is 3. The van der Waals surface area contributed by atoms with Crippen molar-refractivity contribution in [2.45, 2.75) is 52.1 Å². The van der Waals surface area contributed by atoms with E-state index in [2.05, 4.69) is 32.7 Å². The molecule has 29 heavy (non-hydrogen) atoms. The highest BCUT2D eigenvalue weighted by Gasteiger charge is 2.56. The summed E-state index contributed by atoms with van der Waals surface area (Å²) in [5.74, 6) is -0.259. The van der Waals surface area contributed by atoms with Crippen LogP contribution in [0, 0.1) is 11.3 Å². The highest BCUT2D eigenvalue weighted by molar-refractivity contribution is 7.16. The Morgan fingerprint density at radius 3 is 2.72 bits per heavy atom. The molecule has 1 aromatic rings. The number of thiophene rings is 1. The fourth-order valence-corrected chi connectivity index (χ4v) is 6.02. The molecular formula is C21H28ClN3O3S. The van der Waals surface area contributed by atoms with Crippen LogP contribution in [0.15, 0.2) is 24.8 Å². The van der Waals surface area contributed by atoms with Crippen molar-refractivity contribution in [2.24, 2.45) is 11.3 Å². The summed E-state index contributed by atoms with van der Waals surface area (Å²) in [5.41, 5.74) is -0.947. The van der Waals surface area contributed by atoms with Crippen LogP contribution in [0.2, 0.25) is 4.34 Å². The van der Waals surface area contributed by atoms with Crippen molar-refractivity contribution in [1.82, 2.24) is 15.1 Å². The smallest absolute Gasteiger partial charge is 0.325 e. The Bertz CT molecular complexity index is 837. The van der Waals surface area contributed by atoms with E-state index in [-0.39, 0.29) is 23.8 Å². The molecule has 1 saturated carbocycles. The van der Waals surface area contributed by atoms with Crippen LogP contribution in [0.5, 0.6) is 0 Å². The Morgan fingerprint density at radius 1 is 1.41 bits per heavy atom. The van der Waals surface area contributed by atoms with Crippen LogP contribution in [0.3, 0.4) is 0 Å². The van der Waals surface area contributed by atoms with Crippen molar-refractivity contribution in [1.29, 1.82) is 0 Å². The van der Waals surface area contributed by atoms with Crippen molar-refractivity contribution < 1.29 is 14.4 Å². The minimum Gasteiger partial charge on any atom is -0.332 e. The lowest BCUT2D eigenvalue weighted by Gasteiger charge is -2.43. The maximum absolute atomic E-state index is 13.2. The normalized spacial score (nSPS) is 25.9. The van der Waals surface area contributed by atoms with Crippen LogP contribution < -0.4 is 5.32 Å². The van der Waals surface area contributed by atoms with Crippen molar-refractivity contribution >= 4 is 40.8 Å². The van der Waals surface area contributed by atoms with Crippen LogP contribution in [-0.2, 0) is 16.1 Å². The van der Waals surface area contributed by atoms with Gasteiger partial charge in [-0.3, -0.25) is 14.5 Å². The summed E-state index contributed by atoms with van der Waals surface area (Å²) in [6.07, 6.45) is 3.83. The van der Waals surface area contributed by atoms with Gasteiger partial charge in [0, 0.05) is 11.4 Å². The van der Waals surface area contributed by atoms with Crippen LogP contribution in [0.1, 0.15) is 44.9 Å². The molecule has 1 aromatic heterocycles. The second kappa shape index (κ2) is 8.11. The van der Waals surface area contributed by atoms with Gasteiger partial charge in [-0.05, 0) is 42.7 Å². The van der Waals surface area contributed by atoms with E-state index in [0.29, 0.717) is 36.2 Å². The number of amides is 4. The van der Waals surface area contributed by atoms with E-state index < -0.39 is 11.6 Å². The van der Waals surface area contributed by atoms with E-state index in [1.54, 1.807) is 17.0 Å². The van der Waals surface area contributed by atoms with Gasteiger partial charge in [0.1, 0.15) is 12.1 Å². The lowest BCUT2D eigenvalue weighted by molar-refractivity contribution is -0.140. The quantitative estimate of drug-likeness (QED) is 0.539. The van der Waals surface area contributed by atoms with E-state index >= 15 is 0 Å². The second-order valence-corrected chi connectivity index (χ2v) is 10.8. The van der Waals surface area contributed by atoms with Gasteiger partial charge in [0.15, 0.2) is 0 Å². The lowest BCUT2D eigenvalue weighted by Crippen LogP contribution is -2.54. The minimum absolute atomic E-state index is 0.0477. The van der Waals surface area contributed by atoms with Crippen molar-refractivity contribution in [2.75, 3.05) is 13.1 Å². The molecule has 2 aliphatic rings. The summed E-state index contributed by atoms with van der Waals surface area (Å²) in [4.78, 5) is 42.4. The van der Waals surface area contributed by atoms with Gasteiger partial charge >= 0.3 is 6.03 Å². The topological polar surface area (TPSA) is 69.7 Å². The zero-order chi connectivity index (χ0) is 21.4. The summed E-state index contributed by atoms with van der Waals surface area (Å²) in [6, 6.07) is 3.17. The van der Waals surface area contributed by atoms with E-state index in [0.717, 1.165) is 16.2 Å². The molecule has 3 rings (SSSR count). The molecule has 2 unspecified atom stereocenters. The van der Waals surface area contributed by atoms with Gasteiger partial charge in [-0.25, -0.2) is 4.79 Å². The highest BCUT2D eigenvalue weighted by Crippen LogP contribution is 2.46. The fourth-order valence-electron chi connectivity index (χ4n) is 4.92. The van der Waals surface area contributed by atoms with E-state index in [4.69, 9.17) is 11.6 Å². The maximum Gasteiger partial charge on any atom is 0.325 e. The summed E-state index contributed by atoms with van der Waals surface area (Å²) in [6.45, 7) is 10.5. The molecule has 0 radical (unpaired) electrons. The van der Waals surface area contributed by atoms with Gasteiger partial charge < -0.3 is 10.2 Å². The zero-order valence-electron chi connectivity index (χ0n) is 17.2. The number of urea groups is 1. The average molecular weight is 438 g/mol. The molecule has 2 atom stereocenters. The van der Waals surface area contributed by atoms with Crippen molar-refractivity contribution in [3.8, 4) is 0 Å². The standard InChI is InChI=1S/C21H28ClN3O3S/c1-5-8-24(11-15-6-7-16(22)29-15)17(26)12-25-18(27)21(23-19(25)28)10-14(2)9-20(3,4)13-21/h5-7,14H,1,8-13H2,2-4H3,(H,23,28). The molecule has 158 valence electrons. The predicted molar refractivity (Wildman–Crippen MR) is 115 cm³/mol. The first-order chi connectivity index (χ1) is 13.5. The summed E-state index contributed by atoms with van der Waals surface area (Å²) in [5, 5.41) is 2.92. The number of hydrogen-bond acceptors (Lipinski definition) is 4. The first kappa shape index (κ1) is 21.8. The van der Waals surface area contributed by atoms with Crippen molar-refractivity contribution in [3.63, 3.8) is 0 Å². The molecular weight excluding hydrogens is 410 g/mol. The molecule has 2 heterocycles. The number of nitrogens with zero attached hydrogens (tertiary/aromatic N) is 2. The minimum atomic E-state index is -0.900. The van der Waals surface area contributed by atoms with E-state index in [1.807, 2.05) is 6.07 Å². The third-order valence-electron chi connectivity index (χ3n) is 5.60. The summed E-state index contributed by atoms with van der Waals surface area (Å²) < 4.78 is 0.649. The van der Waals surface area contributed by atoms with E-state index in [1.165, 1.54) is 11.3 Å². The largest absolute Gasteiger partial charge is 0.332 e. The monoisotopic (exact) mass is 437 g/mol. The van der Waals surface area contributed by atoms with Gasteiger partial charge in [0.05, 0.1) is 10.9 Å². The van der Waals surface area contributed by atoms with Gasteiger partial charge in [0.25, 0.3) is 5.91 Å². The van der Waals surface area contributed by atoms with Crippen LogP contribution in [-0.4, -0.2) is 46.3 Å². The van der Waals surface area contributed by atoms with Gasteiger partial charge in [-0.1, -0.05) is 38.4 Å². The Balaban J connectivity index is 1.74. The van der Waals surface area contributed by atoms with Gasteiger partial charge in [-0.2, -0.15) is 0 Å². The SMILES string of the molecule is C=CCN(Cc1ccc(Cl)s1)C(=O)CN1C(=O)NC2(CC(C)CC(C)(C)C2)C1=O. The molecule has 1 saturated heterocycles. The van der Waals surface area contributed by atoms with Crippen LogP contribution in [0.4, 0.5) is 4.79 Å². The number of rotatable bonds is 6. The summed E-state index contributed by atoms with van der Waals surface area (Å²) >= 11 is 7.38. The predicted octanol–water partition coefficient (Wildman–Crippen LogP) is 4.05. The Labute approximate surface area is 180 Å². The molecule has 0 aromatic carbocycles. The first-order valence-electron chi connectivity index (χ1n) is 9.82. The maximum atomic E-state index is 13.2. The first-order valence-corrected chi connectivity index (χ1v) is 11.0. The van der Waals surface area contributed by atoms with Gasteiger partial charge in [0.2, 0.25) is 5.91 Å². The van der Waals surface area contributed by atoms with Gasteiger partial charge in [-0.15, -0.1) is 17.9 Å². The third kappa shape index (κ3) is 4.67. The molecule has 1 aliphatic heterocycles. The third-order valence-corrected chi connectivity index (χ3v) is 6.81. The number of carbonyl (C=O) groups excluding carboxylic acids is 3. The molecule has 2 fully saturated rings. The molecule has 1 spiro atoms. The number of halogens is 1. The molecule has 1 aliphatic carbocycles. The zero-order valence-corrected chi connectivity index (χ0v) is 18.7. The van der Waals surface area contributed by atoms with Crippen molar-refractivity contribution in [3.05, 3.63) is 34.0 Å². The number of hydrogen-bond donors (Lipinski definition) is 1. The Hall–Kier alpha value is -1.86. The molecule has 8 heteroatoms. The average Bonchev–Trinajstić information content (AvgIpc) is 3.09. The number of nitrogens with one attached hydrogen (secondary N) is 1. The molecule has 6 nitrogen and oxygen atoms in total. The number of imide groups is 1. The highest BCUT2D eigenvalue weighted by atomic mass is 35.5. The summed E-state index contributed by atoms with van der Waals surface area (Å²) in [7, 11) is 0. The fraction of sp³-hybridized carbons (Fsp3) is 0.571. The Kier molecular flexibility index (Phi) is 6.11. The van der Waals surface area contributed by atoms with E-state index in [9.17, 15) is 14.4 Å². The molecule has 0 bridgehead atoms. The lowest BCUT2D eigenvalue weighted by atomic mass is 9.64. The van der Waals surface area contributed by atoms with Crippen LogP contribution >= 0.6 is 22.9 Å². The second-order valence-electron chi connectivity index (χ2n) is 9.03.